The van der Waals surface area contributed by atoms with Crippen molar-refractivity contribution < 1.29 is 5.11 Å². The van der Waals surface area contributed by atoms with Crippen molar-refractivity contribution in [1.29, 1.82) is 5.41 Å². The Bertz CT molecular complexity index is 506. The number of anilines is 1. The highest BCUT2D eigenvalue weighted by atomic mass is 16.3. The van der Waals surface area contributed by atoms with Crippen LogP contribution in [-0.2, 0) is 0 Å². The van der Waals surface area contributed by atoms with Crippen LogP contribution in [0.25, 0.3) is 0 Å². The highest BCUT2D eigenvalue weighted by Gasteiger charge is 2.16. The van der Waals surface area contributed by atoms with E-state index in [0.29, 0.717) is 17.1 Å². The number of hydrazone groups is 1. The number of nitrogen functional groups attached to an aromatic ring is 1. The zero-order chi connectivity index (χ0) is 11.7. The molecule has 6 nitrogen and oxygen atoms in total. The zero-order valence-corrected chi connectivity index (χ0v) is 8.68. The maximum atomic E-state index is 9.19. The van der Waals surface area contributed by atoms with Crippen molar-refractivity contribution in [1.82, 2.24) is 5.01 Å². The molecule has 0 atom stereocenters. The summed E-state index contributed by atoms with van der Waals surface area (Å²) in [6.07, 6.45) is 1.49. The number of aromatic hydroxyl groups is 1. The maximum Gasteiger partial charge on any atom is 0.169 e. The number of hydrogen-bond acceptors (Lipinski definition) is 5. The number of aliphatic imine (C=N–C) groups is 1. The average molecular weight is 217 g/mol. The van der Waals surface area contributed by atoms with Gasteiger partial charge < -0.3 is 10.8 Å². The Morgan fingerprint density at radius 2 is 2.25 bits per heavy atom. The first-order chi connectivity index (χ1) is 7.58. The molecular formula is C10H11N5O. The highest BCUT2D eigenvalue weighted by Crippen LogP contribution is 2.26. The van der Waals surface area contributed by atoms with Gasteiger partial charge in [-0.2, -0.15) is 5.10 Å². The second kappa shape index (κ2) is 3.65. The first-order valence-electron chi connectivity index (χ1n) is 4.62. The lowest BCUT2D eigenvalue weighted by molar-refractivity contribution is 0.475. The topological polar surface area (TPSA) is 98.1 Å². The van der Waals surface area contributed by atoms with Crippen LogP contribution in [0, 0.1) is 5.41 Å². The molecule has 2 rings (SSSR count). The SMILES string of the molecule is CN1N=CC(=Nc2ccc(O)cc2N)C1=N. The van der Waals surface area contributed by atoms with Crippen LogP contribution in [0.4, 0.5) is 11.4 Å². The monoisotopic (exact) mass is 217 g/mol. The second-order valence-electron chi connectivity index (χ2n) is 3.36. The van der Waals surface area contributed by atoms with E-state index >= 15 is 0 Å². The molecule has 6 heteroatoms. The van der Waals surface area contributed by atoms with Gasteiger partial charge in [0.15, 0.2) is 5.84 Å². The number of nitrogens with zero attached hydrogens (tertiary/aromatic N) is 3. The van der Waals surface area contributed by atoms with Crippen molar-refractivity contribution in [2.45, 2.75) is 0 Å². The van der Waals surface area contributed by atoms with E-state index in [1.165, 1.54) is 23.4 Å². The van der Waals surface area contributed by atoms with Crippen LogP contribution in [0.1, 0.15) is 0 Å². The number of hydrogen-bond donors (Lipinski definition) is 3. The zero-order valence-electron chi connectivity index (χ0n) is 8.68. The van der Waals surface area contributed by atoms with E-state index in [-0.39, 0.29) is 11.6 Å². The standard InChI is InChI=1S/C10H11N5O/c1-15-10(12)9(5-13-15)14-8-3-2-6(16)4-7(8)11/h2-5,12,16H,11H2,1H3. The Labute approximate surface area is 92.2 Å². The smallest absolute Gasteiger partial charge is 0.169 e. The molecule has 16 heavy (non-hydrogen) atoms. The van der Waals surface area contributed by atoms with Gasteiger partial charge in [-0.05, 0) is 12.1 Å². The van der Waals surface area contributed by atoms with Gasteiger partial charge in [-0.25, -0.2) is 10.0 Å². The fraction of sp³-hybridized carbons (Fsp3) is 0.100. The van der Waals surface area contributed by atoms with E-state index in [1.54, 1.807) is 13.1 Å². The van der Waals surface area contributed by atoms with Crippen LogP contribution in [0.15, 0.2) is 28.3 Å². The third-order valence-electron chi connectivity index (χ3n) is 2.17. The molecule has 1 aliphatic heterocycles. The summed E-state index contributed by atoms with van der Waals surface area (Å²) in [5.41, 5.74) is 7.01. The molecule has 0 bridgehead atoms. The fourth-order valence-electron chi connectivity index (χ4n) is 1.28. The highest BCUT2D eigenvalue weighted by molar-refractivity contribution is 6.63. The van der Waals surface area contributed by atoms with Crippen LogP contribution in [-0.4, -0.2) is 34.9 Å². The molecule has 0 saturated heterocycles. The molecule has 1 aromatic carbocycles. The maximum absolute atomic E-state index is 9.19. The van der Waals surface area contributed by atoms with Gasteiger partial charge in [0, 0.05) is 13.1 Å². The minimum absolute atomic E-state index is 0.0914. The van der Waals surface area contributed by atoms with Crippen molar-refractivity contribution in [3.05, 3.63) is 18.2 Å². The summed E-state index contributed by atoms with van der Waals surface area (Å²) < 4.78 is 0. The molecule has 1 heterocycles. The van der Waals surface area contributed by atoms with E-state index in [0.717, 1.165) is 0 Å². The van der Waals surface area contributed by atoms with Crippen molar-refractivity contribution >= 4 is 29.1 Å². The van der Waals surface area contributed by atoms with Crippen molar-refractivity contribution in [3.63, 3.8) is 0 Å². The lowest BCUT2D eigenvalue weighted by atomic mass is 10.2. The molecule has 0 fully saturated rings. The number of benzene rings is 1. The van der Waals surface area contributed by atoms with Gasteiger partial charge in [0.25, 0.3) is 0 Å². The number of nitrogens with two attached hydrogens (primary N) is 1. The fourth-order valence-corrected chi connectivity index (χ4v) is 1.28. The lowest BCUT2D eigenvalue weighted by Crippen LogP contribution is -2.21. The summed E-state index contributed by atoms with van der Waals surface area (Å²) in [7, 11) is 1.67. The van der Waals surface area contributed by atoms with Crippen molar-refractivity contribution in [2.24, 2.45) is 10.1 Å². The van der Waals surface area contributed by atoms with Crippen LogP contribution >= 0.6 is 0 Å². The van der Waals surface area contributed by atoms with Crippen molar-refractivity contribution in [3.8, 4) is 5.75 Å². The lowest BCUT2D eigenvalue weighted by Gasteiger charge is -2.05. The molecule has 0 unspecified atom stereocenters. The van der Waals surface area contributed by atoms with Crippen LogP contribution in [0.2, 0.25) is 0 Å². The van der Waals surface area contributed by atoms with Crippen LogP contribution in [0.3, 0.4) is 0 Å². The van der Waals surface area contributed by atoms with E-state index < -0.39 is 0 Å². The molecule has 0 radical (unpaired) electrons. The van der Waals surface area contributed by atoms with Gasteiger partial charge in [-0.1, -0.05) is 0 Å². The second-order valence-corrected chi connectivity index (χ2v) is 3.36. The van der Waals surface area contributed by atoms with Crippen molar-refractivity contribution in [2.75, 3.05) is 12.8 Å². The molecule has 0 aliphatic carbocycles. The molecule has 1 aromatic rings. The molecule has 0 aromatic heterocycles. The van der Waals surface area contributed by atoms with Gasteiger partial charge in [0.05, 0.1) is 17.6 Å². The largest absolute Gasteiger partial charge is 0.508 e. The van der Waals surface area contributed by atoms with Gasteiger partial charge in [-0.3, -0.25) is 5.41 Å². The van der Waals surface area contributed by atoms with Gasteiger partial charge in [-0.15, -0.1) is 0 Å². The summed E-state index contributed by atoms with van der Waals surface area (Å²) >= 11 is 0. The number of phenols is 1. The van der Waals surface area contributed by atoms with Gasteiger partial charge >= 0.3 is 0 Å². The number of rotatable bonds is 1. The van der Waals surface area contributed by atoms with Crippen LogP contribution in [0.5, 0.6) is 5.75 Å². The normalized spacial score (nSPS) is 17.4. The Kier molecular flexibility index (Phi) is 2.32. The average Bonchev–Trinajstić information content (AvgIpc) is 2.54. The summed E-state index contributed by atoms with van der Waals surface area (Å²) in [4.78, 5) is 4.20. The predicted molar refractivity (Wildman–Crippen MR) is 63.6 cm³/mol. The van der Waals surface area contributed by atoms with E-state index in [4.69, 9.17) is 11.1 Å². The molecule has 0 spiro atoms. The third-order valence-corrected chi connectivity index (χ3v) is 2.17. The molecule has 0 saturated carbocycles. The third kappa shape index (κ3) is 1.72. The minimum Gasteiger partial charge on any atom is -0.508 e. The van der Waals surface area contributed by atoms with Gasteiger partial charge in [0.2, 0.25) is 0 Å². The quantitative estimate of drug-likeness (QED) is 0.611. The van der Waals surface area contributed by atoms with E-state index in [2.05, 4.69) is 10.1 Å². The number of phenolic OH excluding ortho intramolecular Hbond substituents is 1. The molecule has 1 aliphatic rings. The molecular weight excluding hydrogens is 206 g/mol. The van der Waals surface area contributed by atoms with Gasteiger partial charge in [0.1, 0.15) is 11.5 Å². The summed E-state index contributed by atoms with van der Waals surface area (Å²) in [6.45, 7) is 0. The first-order valence-corrected chi connectivity index (χ1v) is 4.62. The Balaban J connectivity index is 2.37. The first kappa shape index (κ1) is 10.2. The number of amidine groups is 1. The Morgan fingerprint density at radius 3 is 2.81 bits per heavy atom. The van der Waals surface area contributed by atoms with Crippen LogP contribution < -0.4 is 5.73 Å². The number of nitrogens with one attached hydrogen (secondary N) is 1. The van der Waals surface area contributed by atoms with E-state index in [1.807, 2.05) is 0 Å². The predicted octanol–water partition coefficient (Wildman–Crippen LogP) is 0.955. The minimum atomic E-state index is 0.0914. The summed E-state index contributed by atoms with van der Waals surface area (Å²) in [5, 5.41) is 22.2. The molecule has 82 valence electrons. The summed E-state index contributed by atoms with van der Waals surface area (Å²) in [5.74, 6) is 0.307. The van der Waals surface area contributed by atoms with E-state index in [9.17, 15) is 5.11 Å². The molecule has 4 N–H and O–H groups in total. The summed E-state index contributed by atoms with van der Waals surface area (Å²) in [6, 6.07) is 4.51. The Morgan fingerprint density at radius 1 is 1.50 bits per heavy atom. The Hall–Kier alpha value is -2.37. The molecule has 0 amide bonds.